The largest absolute Gasteiger partial charge is 0.348 e. The molecule has 5 nitrogen and oxygen atoms in total. The van der Waals surface area contributed by atoms with Crippen molar-refractivity contribution in [3.8, 4) is 0 Å². The molecular weight excluding hydrogens is 324 g/mol. The summed E-state index contributed by atoms with van der Waals surface area (Å²) in [4.78, 5) is 15.5. The summed E-state index contributed by atoms with van der Waals surface area (Å²) >= 11 is 0. The fourth-order valence-electron chi connectivity index (χ4n) is 3.89. The van der Waals surface area contributed by atoms with Crippen molar-refractivity contribution in [3.63, 3.8) is 0 Å². The predicted molar refractivity (Wildman–Crippen MR) is 99.8 cm³/mol. The van der Waals surface area contributed by atoms with Crippen LogP contribution in [0.15, 0.2) is 73.1 Å². The highest BCUT2D eigenvalue weighted by Gasteiger charge is 2.33. The van der Waals surface area contributed by atoms with Crippen molar-refractivity contribution in [2.45, 2.75) is 12.6 Å². The average molecular weight is 342 g/mol. The molecule has 5 rings (SSSR count). The van der Waals surface area contributed by atoms with Crippen LogP contribution >= 0.6 is 0 Å². The lowest BCUT2D eigenvalue weighted by atomic mass is 9.98. The van der Waals surface area contributed by atoms with Crippen molar-refractivity contribution < 1.29 is 4.79 Å². The number of H-pyrrole nitrogens is 1. The quantitative estimate of drug-likeness (QED) is 0.605. The van der Waals surface area contributed by atoms with Crippen LogP contribution in [-0.2, 0) is 6.54 Å². The average Bonchev–Trinajstić information content (AvgIpc) is 3.36. The van der Waals surface area contributed by atoms with Gasteiger partial charge in [-0.15, -0.1) is 0 Å². The summed E-state index contributed by atoms with van der Waals surface area (Å²) in [6.45, 7) is 1.47. The summed E-state index contributed by atoms with van der Waals surface area (Å²) in [5, 5.41) is 8.02. The number of aromatic amines is 1. The topological polar surface area (TPSA) is 53.9 Å². The molecule has 2 aromatic carbocycles. The molecular formula is C21H18N4O. The number of para-hydroxylation sites is 1. The minimum Gasteiger partial charge on any atom is -0.348 e. The fourth-order valence-corrected chi connectivity index (χ4v) is 3.89. The number of fused-ring (bicyclic) bond motifs is 2. The van der Waals surface area contributed by atoms with Crippen LogP contribution in [0.3, 0.4) is 0 Å². The second-order valence-electron chi connectivity index (χ2n) is 6.58. The molecule has 1 N–H and O–H groups in total. The number of hydrogen-bond acceptors (Lipinski definition) is 2. The summed E-state index contributed by atoms with van der Waals surface area (Å²) in [6, 6.07) is 20.0. The van der Waals surface area contributed by atoms with E-state index in [2.05, 4.69) is 45.2 Å². The standard InChI is InChI=1S/C21H18N4O/c26-21(17-9-4-8-16-14-22-23-19(16)17)25-13-12-24-11-5-10-18(24)20(25)15-6-2-1-3-7-15/h1-11,14,20H,12-13H2,(H,22,23). The Morgan fingerprint density at radius 3 is 2.77 bits per heavy atom. The van der Waals surface area contributed by atoms with Crippen LogP contribution < -0.4 is 0 Å². The number of carbonyl (C=O) groups excluding carboxylic acids is 1. The first-order chi connectivity index (χ1) is 12.8. The van der Waals surface area contributed by atoms with Crippen LogP contribution in [0.25, 0.3) is 10.9 Å². The smallest absolute Gasteiger partial charge is 0.256 e. The van der Waals surface area contributed by atoms with E-state index in [0.29, 0.717) is 12.1 Å². The lowest BCUT2D eigenvalue weighted by Gasteiger charge is -2.37. The molecule has 0 radical (unpaired) electrons. The molecule has 0 saturated carbocycles. The van der Waals surface area contributed by atoms with Gasteiger partial charge in [-0.3, -0.25) is 9.89 Å². The molecule has 0 bridgehead atoms. The Morgan fingerprint density at radius 2 is 1.88 bits per heavy atom. The highest BCUT2D eigenvalue weighted by molar-refractivity contribution is 6.05. The summed E-state index contributed by atoms with van der Waals surface area (Å²) < 4.78 is 2.23. The first-order valence-corrected chi connectivity index (χ1v) is 8.76. The number of aromatic nitrogens is 3. The molecule has 26 heavy (non-hydrogen) atoms. The molecule has 2 aromatic heterocycles. The molecule has 4 aromatic rings. The Balaban J connectivity index is 1.63. The Bertz CT molecular complexity index is 1080. The van der Waals surface area contributed by atoms with Gasteiger partial charge in [0.15, 0.2) is 0 Å². The predicted octanol–water partition coefficient (Wildman–Crippen LogP) is 3.61. The molecule has 0 spiro atoms. The summed E-state index contributed by atoms with van der Waals surface area (Å²) in [5.41, 5.74) is 3.73. The number of rotatable bonds is 2. The van der Waals surface area contributed by atoms with Crippen LogP contribution in [0.2, 0.25) is 0 Å². The van der Waals surface area contributed by atoms with Crippen LogP contribution in [0.1, 0.15) is 27.7 Å². The van der Waals surface area contributed by atoms with Crippen molar-refractivity contribution in [1.82, 2.24) is 19.7 Å². The molecule has 5 heteroatoms. The molecule has 3 heterocycles. The fraction of sp³-hybridized carbons (Fsp3) is 0.143. The first-order valence-electron chi connectivity index (χ1n) is 8.76. The summed E-state index contributed by atoms with van der Waals surface area (Å²) in [7, 11) is 0. The van der Waals surface area contributed by atoms with E-state index < -0.39 is 0 Å². The van der Waals surface area contributed by atoms with E-state index in [0.717, 1.165) is 28.7 Å². The van der Waals surface area contributed by atoms with Gasteiger partial charge in [0.2, 0.25) is 0 Å². The highest BCUT2D eigenvalue weighted by Crippen LogP contribution is 2.34. The van der Waals surface area contributed by atoms with E-state index >= 15 is 0 Å². The molecule has 128 valence electrons. The van der Waals surface area contributed by atoms with Gasteiger partial charge >= 0.3 is 0 Å². The molecule has 1 aliphatic rings. The number of carbonyl (C=O) groups is 1. The Hall–Kier alpha value is -3.34. The maximum Gasteiger partial charge on any atom is 0.256 e. The van der Waals surface area contributed by atoms with E-state index in [1.54, 1.807) is 6.20 Å². The van der Waals surface area contributed by atoms with Crippen LogP contribution in [0.4, 0.5) is 0 Å². The minimum absolute atomic E-state index is 0.0288. The van der Waals surface area contributed by atoms with Gasteiger partial charge in [-0.05, 0) is 23.8 Å². The van der Waals surface area contributed by atoms with Crippen LogP contribution in [0, 0.1) is 0 Å². The number of hydrogen-bond donors (Lipinski definition) is 1. The van der Waals surface area contributed by atoms with Crippen molar-refractivity contribution in [3.05, 3.63) is 89.9 Å². The van der Waals surface area contributed by atoms with Crippen molar-refractivity contribution in [2.24, 2.45) is 0 Å². The zero-order chi connectivity index (χ0) is 17.5. The van der Waals surface area contributed by atoms with E-state index in [4.69, 9.17) is 0 Å². The molecule has 1 atom stereocenters. The lowest BCUT2D eigenvalue weighted by Crippen LogP contribution is -2.42. The van der Waals surface area contributed by atoms with Gasteiger partial charge in [0.25, 0.3) is 5.91 Å². The minimum atomic E-state index is -0.0920. The zero-order valence-corrected chi connectivity index (χ0v) is 14.2. The molecule has 1 aliphatic heterocycles. The number of nitrogens with one attached hydrogen (secondary N) is 1. The van der Waals surface area contributed by atoms with Crippen molar-refractivity contribution >= 4 is 16.8 Å². The van der Waals surface area contributed by atoms with Gasteiger partial charge in [-0.2, -0.15) is 5.10 Å². The molecule has 1 amide bonds. The molecule has 0 aliphatic carbocycles. The van der Waals surface area contributed by atoms with Crippen molar-refractivity contribution in [1.29, 1.82) is 0 Å². The third-order valence-corrected chi connectivity index (χ3v) is 5.12. The third-order valence-electron chi connectivity index (χ3n) is 5.12. The Kier molecular flexibility index (Phi) is 3.38. The van der Waals surface area contributed by atoms with Gasteiger partial charge in [-0.1, -0.05) is 42.5 Å². The van der Waals surface area contributed by atoms with E-state index in [9.17, 15) is 4.79 Å². The SMILES string of the molecule is O=C(c1cccc2cn[nH]c12)N1CCn2cccc2C1c1ccccc1. The highest BCUT2D eigenvalue weighted by atomic mass is 16.2. The number of nitrogens with zero attached hydrogens (tertiary/aromatic N) is 3. The molecule has 1 unspecified atom stereocenters. The van der Waals surface area contributed by atoms with Gasteiger partial charge in [0.1, 0.15) is 0 Å². The second-order valence-corrected chi connectivity index (χ2v) is 6.58. The number of benzene rings is 2. The van der Waals surface area contributed by atoms with Crippen LogP contribution in [-0.4, -0.2) is 32.1 Å². The number of amides is 1. The maximum absolute atomic E-state index is 13.5. The monoisotopic (exact) mass is 342 g/mol. The van der Waals surface area contributed by atoms with Crippen LogP contribution in [0.5, 0.6) is 0 Å². The van der Waals surface area contributed by atoms with Gasteiger partial charge in [-0.25, -0.2) is 0 Å². The normalized spacial score (nSPS) is 16.6. The van der Waals surface area contributed by atoms with Crippen molar-refractivity contribution in [2.75, 3.05) is 6.54 Å². The van der Waals surface area contributed by atoms with E-state index in [-0.39, 0.29) is 11.9 Å². The lowest BCUT2D eigenvalue weighted by molar-refractivity contribution is 0.0666. The zero-order valence-electron chi connectivity index (χ0n) is 14.2. The van der Waals surface area contributed by atoms with Gasteiger partial charge in [0.05, 0.1) is 23.3 Å². The van der Waals surface area contributed by atoms with Gasteiger partial charge in [0, 0.05) is 30.4 Å². The Labute approximate surface area is 150 Å². The summed E-state index contributed by atoms with van der Waals surface area (Å²) in [5.74, 6) is 0.0288. The van der Waals surface area contributed by atoms with E-state index in [1.807, 2.05) is 41.3 Å². The first kappa shape index (κ1) is 15.0. The van der Waals surface area contributed by atoms with E-state index in [1.165, 1.54) is 0 Å². The third kappa shape index (κ3) is 2.24. The molecule has 0 fully saturated rings. The summed E-state index contributed by atoms with van der Waals surface area (Å²) in [6.07, 6.45) is 3.84. The molecule has 0 saturated heterocycles. The van der Waals surface area contributed by atoms with Gasteiger partial charge < -0.3 is 9.47 Å². The maximum atomic E-state index is 13.5. The Morgan fingerprint density at radius 1 is 1.00 bits per heavy atom. The second kappa shape index (κ2) is 5.88.